The molecule has 0 atom stereocenters. The number of aryl methyl sites for hydroxylation is 1. The zero-order valence-corrected chi connectivity index (χ0v) is 15.3. The van der Waals surface area contributed by atoms with Crippen molar-refractivity contribution < 1.29 is 13.2 Å². The summed E-state index contributed by atoms with van der Waals surface area (Å²) in [5, 5.41) is 2.76. The lowest BCUT2D eigenvalue weighted by Crippen LogP contribution is -2.26. The molecular weight excluding hydrogens is 356 g/mol. The minimum atomic E-state index is -3.53. The van der Waals surface area contributed by atoms with Gasteiger partial charge in [-0.1, -0.05) is 30.3 Å². The molecule has 2 aromatic rings. The van der Waals surface area contributed by atoms with E-state index in [4.69, 9.17) is 0 Å². The summed E-state index contributed by atoms with van der Waals surface area (Å²) < 4.78 is 27.5. The molecule has 0 unspecified atom stereocenters. The van der Waals surface area contributed by atoms with Crippen LogP contribution in [0.4, 0.5) is 5.69 Å². The maximum Gasteiger partial charge on any atom is 0.240 e. The van der Waals surface area contributed by atoms with Gasteiger partial charge < -0.3 is 5.32 Å². The van der Waals surface area contributed by atoms with Gasteiger partial charge in [0.05, 0.1) is 4.90 Å². The number of nitrogens with one attached hydrogen (secondary N) is 2. The topological polar surface area (TPSA) is 75.3 Å². The molecule has 0 aliphatic carbocycles. The first-order valence-electron chi connectivity index (χ1n) is 8.09. The Hall–Kier alpha value is -1.83. The zero-order valence-electron chi connectivity index (χ0n) is 13.7. The largest absolute Gasteiger partial charge is 0.326 e. The molecule has 2 N–H and O–H groups in total. The van der Waals surface area contributed by atoms with E-state index in [2.05, 4.69) is 22.2 Å². The van der Waals surface area contributed by atoms with Crippen molar-refractivity contribution in [3.8, 4) is 0 Å². The molecule has 1 aliphatic heterocycles. The van der Waals surface area contributed by atoms with Crippen LogP contribution in [0.1, 0.15) is 17.5 Å². The molecule has 0 saturated heterocycles. The number of amides is 1. The van der Waals surface area contributed by atoms with Crippen LogP contribution in [-0.2, 0) is 27.0 Å². The van der Waals surface area contributed by atoms with E-state index in [0.717, 1.165) is 11.3 Å². The number of fused-ring (bicyclic) bond motifs is 1. The number of carbonyl (C=O) groups excluding carboxylic acids is 1. The predicted octanol–water partition coefficient (Wildman–Crippen LogP) is 2.78. The molecular formula is C18H20N2O3S2. The Morgan fingerprint density at radius 1 is 1.08 bits per heavy atom. The first-order chi connectivity index (χ1) is 12.0. The van der Waals surface area contributed by atoms with Crippen molar-refractivity contribution in [3.63, 3.8) is 0 Å². The number of hydrogen-bond acceptors (Lipinski definition) is 4. The summed E-state index contributed by atoms with van der Waals surface area (Å²) in [4.78, 5) is 11.6. The number of benzene rings is 2. The van der Waals surface area contributed by atoms with Crippen molar-refractivity contribution >= 4 is 33.4 Å². The highest BCUT2D eigenvalue weighted by Crippen LogP contribution is 2.25. The molecule has 1 heterocycles. The lowest BCUT2D eigenvalue weighted by atomic mass is 10.0. The number of carbonyl (C=O) groups is 1. The molecule has 5 nitrogen and oxygen atoms in total. The van der Waals surface area contributed by atoms with Gasteiger partial charge in [-0.3, -0.25) is 4.79 Å². The predicted molar refractivity (Wildman–Crippen MR) is 101 cm³/mol. The Balaban J connectivity index is 1.52. The second-order valence-electron chi connectivity index (χ2n) is 5.80. The van der Waals surface area contributed by atoms with Crippen molar-refractivity contribution in [2.24, 2.45) is 0 Å². The molecule has 1 aliphatic rings. The van der Waals surface area contributed by atoms with Gasteiger partial charge in [-0.25, -0.2) is 13.1 Å². The average molecular weight is 377 g/mol. The van der Waals surface area contributed by atoms with Crippen LogP contribution in [0, 0.1) is 0 Å². The quantitative estimate of drug-likeness (QED) is 0.729. The van der Waals surface area contributed by atoms with E-state index in [1.165, 1.54) is 11.6 Å². The summed E-state index contributed by atoms with van der Waals surface area (Å²) in [5.74, 6) is 1.53. The number of sulfonamides is 1. The summed E-state index contributed by atoms with van der Waals surface area (Å²) in [6.07, 6.45) is 0.956. The highest BCUT2D eigenvalue weighted by molar-refractivity contribution is 7.98. The van der Waals surface area contributed by atoms with E-state index in [1.54, 1.807) is 23.9 Å². The second-order valence-corrected chi connectivity index (χ2v) is 8.68. The normalized spacial score (nSPS) is 14.0. The molecule has 0 saturated carbocycles. The maximum absolute atomic E-state index is 12.4. The number of thioether (sulfide) groups is 1. The Bertz CT molecular complexity index is 852. The standard InChI is InChI=1S/C18H20N2O3S2/c21-18-9-6-15-12-16(7-8-17(15)20-18)25(22,23)19-10-11-24-13-14-4-2-1-3-5-14/h1-5,7-8,12,19H,6,9-11,13H2,(H,20,21). The van der Waals surface area contributed by atoms with E-state index in [-0.39, 0.29) is 10.8 Å². The minimum absolute atomic E-state index is 0.0309. The molecule has 7 heteroatoms. The third-order valence-corrected chi connectivity index (χ3v) is 6.42. The molecule has 1 amide bonds. The monoisotopic (exact) mass is 376 g/mol. The van der Waals surface area contributed by atoms with Crippen molar-refractivity contribution in [1.82, 2.24) is 4.72 Å². The Labute approximate surface area is 152 Å². The minimum Gasteiger partial charge on any atom is -0.326 e. The second kappa shape index (κ2) is 8.03. The van der Waals surface area contributed by atoms with Gasteiger partial charge in [0, 0.05) is 30.2 Å². The van der Waals surface area contributed by atoms with Gasteiger partial charge in [-0.05, 0) is 35.7 Å². The lowest BCUT2D eigenvalue weighted by molar-refractivity contribution is -0.116. The molecule has 3 rings (SSSR count). The van der Waals surface area contributed by atoms with Crippen molar-refractivity contribution in [2.45, 2.75) is 23.5 Å². The third kappa shape index (κ3) is 4.84. The summed E-state index contributed by atoms with van der Waals surface area (Å²) in [6.45, 7) is 0.383. The van der Waals surface area contributed by atoms with Crippen LogP contribution in [-0.4, -0.2) is 26.6 Å². The van der Waals surface area contributed by atoms with E-state index in [0.29, 0.717) is 30.8 Å². The van der Waals surface area contributed by atoms with E-state index in [1.807, 2.05) is 18.2 Å². The maximum atomic E-state index is 12.4. The number of anilines is 1. The van der Waals surface area contributed by atoms with Gasteiger partial charge >= 0.3 is 0 Å². The fourth-order valence-electron chi connectivity index (χ4n) is 2.62. The smallest absolute Gasteiger partial charge is 0.240 e. The molecule has 2 aromatic carbocycles. The van der Waals surface area contributed by atoms with E-state index >= 15 is 0 Å². The van der Waals surface area contributed by atoms with Gasteiger partial charge in [0.2, 0.25) is 15.9 Å². The number of hydrogen-bond donors (Lipinski definition) is 2. The van der Waals surface area contributed by atoms with Crippen LogP contribution in [0.15, 0.2) is 53.4 Å². The Morgan fingerprint density at radius 3 is 2.68 bits per heavy atom. The highest BCUT2D eigenvalue weighted by atomic mass is 32.2. The third-order valence-electron chi connectivity index (χ3n) is 3.93. The molecule has 132 valence electrons. The fraction of sp³-hybridized carbons (Fsp3) is 0.278. The van der Waals surface area contributed by atoms with Crippen LogP contribution in [0.25, 0.3) is 0 Å². The van der Waals surface area contributed by atoms with E-state index < -0.39 is 10.0 Å². The molecule has 0 bridgehead atoms. The van der Waals surface area contributed by atoms with Gasteiger partial charge in [-0.15, -0.1) is 0 Å². The summed E-state index contributed by atoms with van der Waals surface area (Å²) >= 11 is 1.69. The zero-order chi connectivity index (χ0) is 17.7. The average Bonchev–Trinajstić information content (AvgIpc) is 2.61. The Kier molecular flexibility index (Phi) is 5.78. The van der Waals surface area contributed by atoms with Gasteiger partial charge in [-0.2, -0.15) is 11.8 Å². The van der Waals surface area contributed by atoms with Gasteiger partial charge in [0.15, 0.2) is 0 Å². The molecule has 25 heavy (non-hydrogen) atoms. The summed E-state index contributed by atoms with van der Waals surface area (Å²) in [7, 11) is -3.53. The van der Waals surface area contributed by atoms with Crippen LogP contribution in [0.2, 0.25) is 0 Å². The molecule has 0 radical (unpaired) electrons. The lowest BCUT2D eigenvalue weighted by Gasteiger charge is -2.17. The van der Waals surface area contributed by atoms with Gasteiger partial charge in [0.1, 0.15) is 0 Å². The van der Waals surface area contributed by atoms with Crippen molar-refractivity contribution in [3.05, 3.63) is 59.7 Å². The first kappa shape index (κ1) is 18.0. The van der Waals surface area contributed by atoms with Crippen LogP contribution >= 0.6 is 11.8 Å². The van der Waals surface area contributed by atoms with Crippen LogP contribution in [0.3, 0.4) is 0 Å². The molecule has 0 spiro atoms. The Morgan fingerprint density at radius 2 is 1.88 bits per heavy atom. The summed E-state index contributed by atoms with van der Waals surface area (Å²) in [5.41, 5.74) is 2.79. The number of rotatable bonds is 7. The highest BCUT2D eigenvalue weighted by Gasteiger charge is 2.19. The van der Waals surface area contributed by atoms with Crippen molar-refractivity contribution in [1.29, 1.82) is 0 Å². The van der Waals surface area contributed by atoms with Crippen LogP contribution < -0.4 is 10.0 Å². The fourth-order valence-corrected chi connectivity index (χ4v) is 4.65. The first-order valence-corrected chi connectivity index (χ1v) is 10.7. The molecule has 0 fully saturated rings. The SMILES string of the molecule is O=C1CCc2cc(S(=O)(=O)NCCSCc3ccccc3)ccc2N1. The van der Waals surface area contributed by atoms with E-state index in [9.17, 15) is 13.2 Å². The van der Waals surface area contributed by atoms with Crippen LogP contribution in [0.5, 0.6) is 0 Å². The van der Waals surface area contributed by atoms with Crippen molar-refractivity contribution in [2.75, 3.05) is 17.6 Å². The molecule has 0 aromatic heterocycles. The van der Waals surface area contributed by atoms with Gasteiger partial charge in [0.25, 0.3) is 0 Å². The summed E-state index contributed by atoms with van der Waals surface area (Å²) in [6, 6.07) is 14.9.